The molecule has 0 spiro atoms. The molecule has 9 heteroatoms. The van der Waals surface area contributed by atoms with Gasteiger partial charge in [0.05, 0.1) is 5.71 Å². The van der Waals surface area contributed by atoms with E-state index in [0.29, 0.717) is 22.7 Å². The molecule has 9 nitrogen and oxygen atoms in total. The molecule has 0 radical (unpaired) electrons. The number of nitrogens with one attached hydrogen (secondary N) is 4. The summed E-state index contributed by atoms with van der Waals surface area (Å²) < 4.78 is 0. The molecule has 0 fully saturated rings. The van der Waals surface area contributed by atoms with E-state index in [1.54, 1.807) is 37.3 Å². The first kappa shape index (κ1) is 18.6. The normalized spacial score (nSPS) is 11.2. The molecule has 2 aromatic carbocycles. The summed E-state index contributed by atoms with van der Waals surface area (Å²) in [4.78, 5) is 26.7. The number of hydrogen-bond acceptors (Lipinski definition) is 4. The lowest BCUT2D eigenvalue weighted by molar-refractivity contribution is 0.0998. The van der Waals surface area contributed by atoms with Crippen molar-refractivity contribution >= 4 is 40.1 Å². The fourth-order valence-corrected chi connectivity index (χ4v) is 2.60. The highest BCUT2D eigenvalue weighted by Gasteiger charge is 2.11. The van der Waals surface area contributed by atoms with Crippen LogP contribution in [0.3, 0.4) is 0 Å². The molecule has 0 aliphatic heterocycles. The van der Waals surface area contributed by atoms with Gasteiger partial charge in [-0.3, -0.25) is 15.0 Å². The molecule has 1 heterocycles. The molecule has 3 rings (SSSR count). The molecule has 0 saturated carbocycles. The summed E-state index contributed by atoms with van der Waals surface area (Å²) in [5, 5.41) is 14.8. The summed E-state index contributed by atoms with van der Waals surface area (Å²) in [7, 11) is 0. The van der Waals surface area contributed by atoms with Crippen LogP contribution < -0.4 is 22.2 Å². The van der Waals surface area contributed by atoms with Crippen LogP contribution in [0.15, 0.2) is 53.6 Å². The van der Waals surface area contributed by atoms with Gasteiger partial charge in [-0.05, 0) is 55.0 Å². The van der Waals surface area contributed by atoms with Gasteiger partial charge in [-0.2, -0.15) is 5.10 Å². The molecule has 0 unspecified atom stereocenters. The molecule has 8 N–H and O–H groups in total. The number of fused-ring (bicyclic) bond motifs is 1. The van der Waals surface area contributed by atoms with Crippen LogP contribution in [0.2, 0.25) is 0 Å². The molecule has 2 amide bonds. The highest BCUT2D eigenvalue weighted by Crippen LogP contribution is 2.19. The third kappa shape index (κ3) is 4.15. The molecule has 28 heavy (non-hydrogen) atoms. The summed E-state index contributed by atoms with van der Waals surface area (Å²) in [6, 6.07) is 13.6. The Balaban J connectivity index is 1.79. The average molecular weight is 377 g/mol. The summed E-state index contributed by atoms with van der Waals surface area (Å²) in [6.45, 7) is 1.78. The number of hydrazone groups is 1. The van der Waals surface area contributed by atoms with Crippen molar-refractivity contribution in [1.29, 1.82) is 5.41 Å². The first-order valence-electron chi connectivity index (χ1n) is 8.32. The Kier molecular flexibility index (Phi) is 5.07. The molecule has 142 valence electrons. The summed E-state index contributed by atoms with van der Waals surface area (Å²) in [6.07, 6.45) is 0. The Bertz CT molecular complexity index is 1100. The van der Waals surface area contributed by atoms with Gasteiger partial charge >= 0.3 is 0 Å². The van der Waals surface area contributed by atoms with E-state index in [4.69, 9.17) is 16.9 Å². The maximum Gasteiger partial charge on any atom is 0.272 e. The zero-order chi connectivity index (χ0) is 20.3. The summed E-state index contributed by atoms with van der Waals surface area (Å²) in [5.74, 6) is -1.08. The van der Waals surface area contributed by atoms with Crippen LogP contribution in [-0.2, 0) is 0 Å². The first-order valence-corrected chi connectivity index (χ1v) is 8.32. The van der Waals surface area contributed by atoms with Crippen molar-refractivity contribution in [3.63, 3.8) is 0 Å². The fraction of sp³-hybridized carbons (Fsp3) is 0.0526. The second-order valence-electron chi connectivity index (χ2n) is 6.10. The summed E-state index contributed by atoms with van der Waals surface area (Å²) in [5.41, 5.74) is 16.4. The van der Waals surface area contributed by atoms with Crippen LogP contribution >= 0.6 is 0 Å². The number of H-pyrrole nitrogens is 1. The number of rotatable bonds is 5. The fourth-order valence-electron chi connectivity index (χ4n) is 2.60. The lowest BCUT2D eigenvalue weighted by Gasteiger charge is -2.04. The molecule has 3 aromatic rings. The average Bonchev–Trinajstić information content (AvgIpc) is 3.10. The number of aromatic nitrogens is 1. The topological polar surface area (TPSA) is 162 Å². The Morgan fingerprint density at radius 1 is 1.04 bits per heavy atom. The molecule has 1 aromatic heterocycles. The number of anilines is 1. The van der Waals surface area contributed by atoms with Gasteiger partial charge in [-0.1, -0.05) is 6.07 Å². The van der Waals surface area contributed by atoms with E-state index in [2.05, 4.69) is 20.8 Å². The molecule has 0 atom stereocenters. The molecular weight excluding hydrogens is 358 g/mol. The monoisotopic (exact) mass is 377 g/mol. The number of guanidine groups is 1. The quantitative estimate of drug-likeness (QED) is 0.227. The van der Waals surface area contributed by atoms with Crippen LogP contribution in [0, 0.1) is 5.41 Å². The SMILES string of the molecule is C/C(=N\NC(=N)N)c1ccc2[nH]c(C(=O)Nc3ccc(C(N)=O)cc3)cc2c1. The van der Waals surface area contributed by atoms with Crippen molar-refractivity contribution in [3.05, 3.63) is 65.4 Å². The van der Waals surface area contributed by atoms with E-state index >= 15 is 0 Å². The van der Waals surface area contributed by atoms with Crippen molar-refractivity contribution in [3.8, 4) is 0 Å². The van der Waals surface area contributed by atoms with E-state index < -0.39 is 5.91 Å². The zero-order valence-corrected chi connectivity index (χ0v) is 15.0. The molecule has 0 aliphatic rings. The minimum atomic E-state index is -0.526. The number of amides is 2. The van der Waals surface area contributed by atoms with Crippen molar-refractivity contribution in [2.24, 2.45) is 16.6 Å². The Morgan fingerprint density at radius 3 is 2.36 bits per heavy atom. The number of benzene rings is 2. The number of nitrogens with zero attached hydrogens (tertiary/aromatic N) is 1. The Hall–Kier alpha value is -4.14. The maximum absolute atomic E-state index is 12.5. The van der Waals surface area contributed by atoms with Gasteiger partial charge in [0.2, 0.25) is 11.9 Å². The first-order chi connectivity index (χ1) is 13.3. The van der Waals surface area contributed by atoms with Gasteiger partial charge in [0, 0.05) is 22.2 Å². The Labute approximate surface area is 160 Å². The van der Waals surface area contributed by atoms with Crippen molar-refractivity contribution in [1.82, 2.24) is 10.4 Å². The van der Waals surface area contributed by atoms with E-state index in [1.165, 1.54) is 0 Å². The van der Waals surface area contributed by atoms with Crippen LogP contribution in [0.25, 0.3) is 10.9 Å². The predicted octanol–water partition coefficient (Wildman–Crippen LogP) is 1.73. The van der Waals surface area contributed by atoms with Crippen LogP contribution in [0.5, 0.6) is 0 Å². The largest absolute Gasteiger partial charge is 0.369 e. The minimum Gasteiger partial charge on any atom is -0.369 e. The Morgan fingerprint density at radius 2 is 1.71 bits per heavy atom. The predicted molar refractivity (Wildman–Crippen MR) is 108 cm³/mol. The van der Waals surface area contributed by atoms with E-state index in [9.17, 15) is 9.59 Å². The number of hydrogen-bond donors (Lipinski definition) is 6. The zero-order valence-electron chi connectivity index (χ0n) is 15.0. The van der Waals surface area contributed by atoms with Crippen LogP contribution in [0.4, 0.5) is 5.69 Å². The molecule has 0 bridgehead atoms. The van der Waals surface area contributed by atoms with Gasteiger partial charge in [0.15, 0.2) is 0 Å². The highest BCUT2D eigenvalue weighted by atomic mass is 16.2. The lowest BCUT2D eigenvalue weighted by atomic mass is 10.1. The van der Waals surface area contributed by atoms with Crippen molar-refractivity contribution in [2.75, 3.05) is 5.32 Å². The maximum atomic E-state index is 12.5. The molecule has 0 saturated heterocycles. The van der Waals surface area contributed by atoms with Crippen LogP contribution in [-0.4, -0.2) is 28.5 Å². The summed E-state index contributed by atoms with van der Waals surface area (Å²) >= 11 is 0. The van der Waals surface area contributed by atoms with E-state index in [-0.39, 0.29) is 11.9 Å². The lowest BCUT2D eigenvalue weighted by Crippen LogP contribution is -2.26. The molecular formula is C19H19N7O2. The van der Waals surface area contributed by atoms with Crippen molar-refractivity contribution < 1.29 is 9.59 Å². The third-order valence-electron chi connectivity index (χ3n) is 4.05. The van der Waals surface area contributed by atoms with Gasteiger partial charge in [0.25, 0.3) is 5.91 Å². The number of carbonyl (C=O) groups is 2. The number of primary amides is 1. The van der Waals surface area contributed by atoms with Crippen LogP contribution in [0.1, 0.15) is 33.3 Å². The van der Waals surface area contributed by atoms with Crippen molar-refractivity contribution in [2.45, 2.75) is 6.92 Å². The second-order valence-corrected chi connectivity index (χ2v) is 6.10. The second kappa shape index (κ2) is 7.62. The smallest absolute Gasteiger partial charge is 0.272 e. The molecule has 0 aliphatic carbocycles. The standard InChI is InChI=1S/C19H19N7O2/c1-10(25-26-19(21)22)12-4-7-15-13(8-12)9-16(24-15)18(28)23-14-5-2-11(3-6-14)17(20)27/h2-9,24H,1H3,(H2,20,27)(H,23,28)(H4,21,22,26)/b25-10+. The van der Waals surface area contributed by atoms with Gasteiger partial charge in [0.1, 0.15) is 5.69 Å². The van der Waals surface area contributed by atoms with E-state index in [0.717, 1.165) is 16.5 Å². The van der Waals surface area contributed by atoms with E-state index in [1.807, 2.05) is 18.2 Å². The highest BCUT2D eigenvalue weighted by molar-refractivity contribution is 6.07. The van der Waals surface area contributed by atoms with Gasteiger partial charge in [-0.15, -0.1) is 0 Å². The number of carbonyl (C=O) groups excluding carboxylic acids is 2. The van der Waals surface area contributed by atoms with Gasteiger partial charge in [-0.25, -0.2) is 5.43 Å². The van der Waals surface area contributed by atoms with Gasteiger partial charge < -0.3 is 21.8 Å². The minimum absolute atomic E-state index is 0.245. The number of nitrogens with two attached hydrogens (primary N) is 2. The third-order valence-corrected chi connectivity index (χ3v) is 4.05. The number of aromatic amines is 1.